The molecule has 0 radical (unpaired) electrons. The summed E-state index contributed by atoms with van der Waals surface area (Å²) in [5.74, 6) is 0. The highest BCUT2D eigenvalue weighted by atomic mass is 15.1. The van der Waals surface area contributed by atoms with Gasteiger partial charge in [0, 0.05) is 5.39 Å². The summed E-state index contributed by atoms with van der Waals surface area (Å²) in [4.78, 5) is 4.62. The van der Waals surface area contributed by atoms with E-state index in [-0.39, 0.29) is 0 Å². The van der Waals surface area contributed by atoms with Crippen LogP contribution in [-0.4, -0.2) is 4.98 Å². The lowest BCUT2D eigenvalue weighted by atomic mass is 10.1. The monoisotopic (exact) mass is 205 g/mol. The van der Waals surface area contributed by atoms with Gasteiger partial charge in [0.2, 0.25) is 0 Å². The third-order valence-corrected chi connectivity index (χ3v) is 2.92. The molecular formula is C13H7N3. The first kappa shape index (κ1) is 7.93. The zero-order valence-corrected chi connectivity index (χ0v) is 8.38. The lowest BCUT2D eigenvalue weighted by Crippen LogP contribution is -1.81. The Kier molecular flexibility index (Phi) is 1.31. The minimum Gasteiger partial charge on any atom is -0.248 e. The molecule has 0 fully saturated rings. The van der Waals surface area contributed by atoms with Crippen LogP contribution in [0.2, 0.25) is 0 Å². The van der Waals surface area contributed by atoms with E-state index in [1.54, 1.807) is 0 Å². The average molecular weight is 205 g/mol. The molecule has 0 saturated heterocycles. The molecule has 4 rings (SSSR count). The van der Waals surface area contributed by atoms with Crippen LogP contribution in [0.4, 0.5) is 11.4 Å². The second kappa shape index (κ2) is 2.64. The van der Waals surface area contributed by atoms with Crippen LogP contribution in [0, 0.1) is 0 Å². The van der Waals surface area contributed by atoms with Crippen molar-refractivity contribution in [3.05, 3.63) is 42.5 Å². The normalized spacial score (nSPS) is 12.8. The molecule has 0 saturated carbocycles. The molecule has 3 aromatic rings. The van der Waals surface area contributed by atoms with E-state index in [1.807, 2.05) is 42.5 Å². The maximum absolute atomic E-state index is 4.62. The minimum atomic E-state index is 0.922. The van der Waals surface area contributed by atoms with Crippen molar-refractivity contribution in [2.24, 2.45) is 10.2 Å². The van der Waals surface area contributed by atoms with Gasteiger partial charge in [-0.3, -0.25) is 0 Å². The summed E-state index contributed by atoms with van der Waals surface area (Å²) >= 11 is 0. The third-order valence-electron chi connectivity index (χ3n) is 2.92. The molecule has 0 N–H and O–H groups in total. The van der Waals surface area contributed by atoms with Gasteiger partial charge in [0.1, 0.15) is 5.69 Å². The van der Waals surface area contributed by atoms with Crippen molar-refractivity contribution in [1.82, 2.24) is 4.98 Å². The standard InChI is InChI=1S/C13H7N3/c1-2-5-9-8(4-1)13-12-10(14-9)6-3-7-11(12)15-16-13/h1-7H. The van der Waals surface area contributed by atoms with Gasteiger partial charge >= 0.3 is 0 Å². The zero-order valence-electron chi connectivity index (χ0n) is 8.38. The SMILES string of the molecule is c1ccc2c3c4c(cccc4nc2c1)N=N3. The number of hydrogen-bond donors (Lipinski definition) is 0. The molecule has 0 amide bonds. The first-order valence-corrected chi connectivity index (χ1v) is 5.17. The Bertz CT molecular complexity index is 760. The fourth-order valence-electron chi connectivity index (χ4n) is 2.19. The summed E-state index contributed by atoms with van der Waals surface area (Å²) < 4.78 is 0. The second-order valence-electron chi connectivity index (χ2n) is 3.85. The van der Waals surface area contributed by atoms with Crippen LogP contribution in [0.25, 0.3) is 21.8 Å². The van der Waals surface area contributed by atoms with Crippen LogP contribution in [0.1, 0.15) is 0 Å². The Hall–Kier alpha value is -2.29. The van der Waals surface area contributed by atoms with Gasteiger partial charge in [-0.1, -0.05) is 24.3 Å². The van der Waals surface area contributed by atoms with Gasteiger partial charge in [0.15, 0.2) is 0 Å². The van der Waals surface area contributed by atoms with Crippen molar-refractivity contribution in [2.75, 3.05) is 0 Å². The van der Waals surface area contributed by atoms with Crippen LogP contribution in [0.5, 0.6) is 0 Å². The second-order valence-corrected chi connectivity index (χ2v) is 3.85. The first-order valence-electron chi connectivity index (χ1n) is 5.17. The summed E-state index contributed by atoms with van der Waals surface area (Å²) in [6, 6.07) is 14.0. The molecule has 1 aliphatic rings. The van der Waals surface area contributed by atoms with E-state index in [0.717, 1.165) is 33.2 Å². The highest BCUT2D eigenvalue weighted by molar-refractivity contribution is 6.11. The van der Waals surface area contributed by atoms with Crippen molar-refractivity contribution >= 4 is 33.2 Å². The molecule has 2 aromatic carbocycles. The number of fused-ring (bicyclic) bond motifs is 2. The summed E-state index contributed by atoms with van der Waals surface area (Å²) in [7, 11) is 0. The summed E-state index contributed by atoms with van der Waals surface area (Å²) in [6.07, 6.45) is 0. The predicted molar refractivity (Wildman–Crippen MR) is 63.4 cm³/mol. The van der Waals surface area contributed by atoms with Gasteiger partial charge in [-0.25, -0.2) is 4.98 Å². The molecule has 0 bridgehead atoms. The Morgan fingerprint density at radius 2 is 1.62 bits per heavy atom. The number of nitrogens with zero attached hydrogens (tertiary/aromatic N) is 3. The molecular weight excluding hydrogens is 198 g/mol. The number of hydrogen-bond acceptors (Lipinski definition) is 3. The highest BCUT2D eigenvalue weighted by Crippen LogP contribution is 2.43. The number of para-hydroxylation sites is 1. The van der Waals surface area contributed by atoms with E-state index in [2.05, 4.69) is 15.2 Å². The zero-order chi connectivity index (χ0) is 10.5. The van der Waals surface area contributed by atoms with Gasteiger partial charge in [0.05, 0.1) is 22.1 Å². The van der Waals surface area contributed by atoms with Crippen LogP contribution in [-0.2, 0) is 0 Å². The van der Waals surface area contributed by atoms with Gasteiger partial charge in [-0.2, -0.15) is 0 Å². The Labute approximate surface area is 91.5 Å². The summed E-state index contributed by atoms with van der Waals surface area (Å²) in [5.41, 5.74) is 3.82. The molecule has 0 aliphatic carbocycles. The number of pyridine rings is 1. The van der Waals surface area contributed by atoms with E-state index in [1.165, 1.54) is 0 Å². The van der Waals surface area contributed by atoms with Crippen LogP contribution < -0.4 is 0 Å². The highest BCUT2D eigenvalue weighted by Gasteiger charge is 2.15. The molecule has 74 valence electrons. The smallest absolute Gasteiger partial charge is 0.107 e. The number of azo groups is 1. The molecule has 1 aliphatic heterocycles. The Balaban J connectivity index is 2.38. The maximum Gasteiger partial charge on any atom is 0.107 e. The van der Waals surface area contributed by atoms with Crippen molar-refractivity contribution < 1.29 is 0 Å². The number of benzene rings is 2. The molecule has 2 heterocycles. The molecule has 16 heavy (non-hydrogen) atoms. The number of rotatable bonds is 0. The van der Waals surface area contributed by atoms with Crippen LogP contribution >= 0.6 is 0 Å². The topological polar surface area (TPSA) is 37.6 Å². The quantitative estimate of drug-likeness (QED) is 0.398. The maximum atomic E-state index is 4.62. The Morgan fingerprint density at radius 3 is 2.62 bits per heavy atom. The van der Waals surface area contributed by atoms with E-state index < -0.39 is 0 Å². The molecule has 0 atom stereocenters. The van der Waals surface area contributed by atoms with Crippen LogP contribution in [0.3, 0.4) is 0 Å². The minimum absolute atomic E-state index is 0.922. The van der Waals surface area contributed by atoms with Crippen molar-refractivity contribution in [2.45, 2.75) is 0 Å². The van der Waals surface area contributed by atoms with Crippen molar-refractivity contribution in [3.8, 4) is 0 Å². The lowest BCUT2D eigenvalue weighted by molar-refractivity contribution is 1.31. The number of aromatic nitrogens is 1. The van der Waals surface area contributed by atoms with Gasteiger partial charge < -0.3 is 0 Å². The van der Waals surface area contributed by atoms with Crippen molar-refractivity contribution in [1.29, 1.82) is 0 Å². The molecule has 1 aromatic heterocycles. The van der Waals surface area contributed by atoms with Crippen LogP contribution in [0.15, 0.2) is 52.7 Å². The summed E-state index contributed by atoms with van der Waals surface area (Å²) in [6.45, 7) is 0. The van der Waals surface area contributed by atoms with E-state index in [0.29, 0.717) is 0 Å². The van der Waals surface area contributed by atoms with Gasteiger partial charge in [-0.15, -0.1) is 10.2 Å². The molecule has 3 heteroatoms. The Morgan fingerprint density at radius 1 is 0.750 bits per heavy atom. The summed E-state index contributed by atoms with van der Waals surface area (Å²) in [5, 5.41) is 10.6. The fourth-order valence-corrected chi connectivity index (χ4v) is 2.19. The lowest BCUT2D eigenvalue weighted by Gasteiger charge is -2.02. The van der Waals surface area contributed by atoms with E-state index in [9.17, 15) is 0 Å². The third kappa shape index (κ3) is 0.852. The largest absolute Gasteiger partial charge is 0.248 e. The van der Waals surface area contributed by atoms with E-state index >= 15 is 0 Å². The van der Waals surface area contributed by atoms with Crippen molar-refractivity contribution in [3.63, 3.8) is 0 Å². The molecule has 3 nitrogen and oxygen atoms in total. The van der Waals surface area contributed by atoms with E-state index in [4.69, 9.17) is 0 Å². The fraction of sp³-hybridized carbons (Fsp3) is 0. The van der Waals surface area contributed by atoms with Gasteiger partial charge in [-0.05, 0) is 18.2 Å². The first-order chi connectivity index (χ1) is 7.93. The molecule has 0 spiro atoms. The molecule has 0 unspecified atom stereocenters. The predicted octanol–water partition coefficient (Wildman–Crippen LogP) is 4.12. The van der Waals surface area contributed by atoms with Gasteiger partial charge in [0.25, 0.3) is 0 Å². The average Bonchev–Trinajstić information content (AvgIpc) is 2.76.